The predicted molar refractivity (Wildman–Crippen MR) is 49.6 cm³/mol. The number of nitrogens with one attached hydrogen (secondary N) is 1. The molecule has 0 aliphatic carbocycles. The molecule has 1 aromatic rings. The van der Waals surface area contributed by atoms with Crippen LogP contribution in [-0.4, -0.2) is 20.4 Å². The third-order valence-electron chi connectivity index (χ3n) is 1.99. The lowest BCUT2D eigenvalue weighted by molar-refractivity contribution is 0.677. The van der Waals surface area contributed by atoms with E-state index in [4.69, 9.17) is 0 Å². The Labute approximate surface area is 75.1 Å². The zero-order valence-corrected chi connectivity index (χ0v) is 8.44. The van der Waals surface area contributed by atoms with Crippen LogP contribution in [-0.2, 0) is 10.8 Å². The number of nitrogens with zero attached hydrogens (tertiary/aromatic N) is 1. The molecule has 12 heavy (non-hydrogen) atoms. The first-order chi connectivity index (χ1) is 5.65. The van der Waals surface area contributed by atoms with Crippen molar-refractivity contribution in [2.45, 2.75) is 31.3 Å². The maximum Gasteiger partial charge on any atom is 0.196 e. The van der Waals surface area contributed by atoms with Gasteiger partial charge in [-0.15, -0.1) is 0 Å². The van der Waals surface area contributed by atoms with Gasteiger partial charge in [-0.2, -0.15) is 0 Å². The van der Waals surface area contributed by atoms with Crippen molar-refractivity contribution >= 4 is 10.8 Å². The van der Waals surface area contributed by atoms with Gasteiger partial charge in [-0.05, 0) is 12.3 Å². The third kappa shape index (κ3) is 1.94. The zero-order chi connectivity index (χ0) is 9.14. The van der Waals surface area contributed by atoms with E-state index in [-0.39, 0.29) is 0 Å². The molecule has 2 unspecified atom stereocenters. The molecule has 2 atom stereocenters. The first-order valence-electron chi connectivity index (χ1n) is 4.03. The highest BCUT2D eigenvalue weighted by molar-refractivity contribution is 7.84. The second-order valence-corrected chi connectivity index (χ2v) is 4.20. The fraction of sp³-hybridized carbons (Fsp3) is 0.625. The van der Waals surface area contributed by atoms with E-state index in [1.165, 1.54) is 0 Å². The van der Waals surface area contributed by atoms with Gasteiger partial charge >= 0.3 is 0 Å². The molecule has 0 amide bonds. The summed E-state index contributed by atoms with van der Waals surface area (Å²) in [5, 5.41) is 0.574. The minimum absolute atomic E-state index is 0.467. The molecule has 0 fully saturated rings. The fourth-order valence-electron chi connectivity index (χ4n) is 0.933. The van der Waals surface area contributed by atoms with E-state index in [1.54, 1.807) is 12.5 Å². The van der Waals surface area contributed by atoms with Gasteiger partial charge in [-0.25, -0.2) is 4.98 Å². The van der Waals surface area contributed by atoms with Gasteiger partial charge in [-0.3, -0.25) is 4.21 Å². The summed E-state index contributed by atoms with van der Waals surface area (Å²) < 4.78 is 11.0. The van der Waals surface area contributed by atoms with Crippen molar-refractivity contribution < 1.29 is 4.21 Å². The quantitative estimate of drug-likeness (QED) is 0.780. The molecule has 0 aliphatic heterocycles. The van der Waals surface area contributed by atoms with E-state index in [2.05, 4.69) is 23.8 Å². The molecule has 4 heteroatoms. The molecule has 1 rings (SSSR count). The van der Waals surface area contributed by atoms with Crippen LogP contribution in [0.15, 0.2) is 11.4 Å². The number of H-pyrrole nitrogens is 1. The summed E-state index contributed by atoms with van der Waals surface area (Å²) in [4.78, 5) is 7.08. The fourth-order valence-corrected chi connectivity index (χ4v) is 1.40. The van der Waals surface area contributed by atoms with Crippen LogP contribution >= 0.6 is 0 Å². The van der Waals surface area contributed by atoms with Crippen LogP contribution in [0.5, 0.6) is 0 Å². The van der Waals surface area contributed by atoms with Gasteiger partial charge in [0.05, 0.1) is 10.8 Å². The average molecular weight is 186 g/mol. The summed E-state index contributed by atoms with van der Waals surface area (Å²) in [6, 6.07) is 0. The smallest absolute Gasteiger partial charge is 0.196 e. The van der Waals surface area contributed by atoms with Crippen LogP contribution in [0, 0.1) is 0 Å². The largest absolute Gasteiger partial charge is 0.335 e. The van der Waals surface area contributed by atoms with Crippen molar-refractivity contribution in [3.8, 4) is 0 Å². The number of rotatable bonds is 3. The van der Waals surface area contributed by atoms with E-state index >= 15 is 0 Å². The summed E-state index contributed by atoms with van der Waals surface area (Å²) in [5.41, 5.74) is 1.07. The average Bonchev–Trinajstić information content (AvgIpc) is 2.51. The van der Waals surface area contributed by atoms with Crippen LogP contribution in [0.3, 0.4) is 0 Å². The minimum atomic E-state index is -0.993. The van der Waals surface area contributed by atoms with Crippen LogP contribution < -0.4 is 0 Å². The van der Waals surface area contributed by atoms with E-state index in [1.807, 2.05) is 0 Å². The van der Waals surface area contributed by atoms with Crippen molar-refractivity contribution in [2.75, 3.05) is 6.26 Å². The molecule has 0 aliphatic rings. The Kier molecular flexibility index (Phi) is 3.03. The summed E-state index contributed by atoms with van der Waals surface area (Å²) in [7, 11) is -0.993. The molecule has 1 N–H and O–H groups in total. The lowest BCUT2D eigenvalue weighted by Crippen LogP contribution is -1.93. The number of aromatic nitrogens is 2. The van der Waals surface area contributed by atoms with Crippen molar-refractivity contribution in [2.24, 2.45) is 0 Å². The van der Waals surface area contributed by atoms with Crippen molar-refractivity contribution in [3.05, 3.63) is 11.9 Å². The highest BCUT2D eigenvalue weighted by Crippen LogP contribution is 2.16. The molecule has 0 aromatic carbocycles. The van der Waals surface area contributed by atoms with Gasteiger partial charge < -0.3 is 4.98 Å². The maximum absolute atomic E-state index is 11.0. The van der Waals surface area contributed by atoms with Gasteiger partial charge in [0, 0.05) is 18.1 Å². The Morgan fingerprint density at radius 3 is 2.83 bits per heavy atom. The summed E-state index contributed by atoms with van der Waals surface area (Å²) in [6.45, 7) is 4.24. The maximum atomic E-state index is 11.0. The normalized spacial score (nSPS) is 15.9. The Morgan fingerprint density at radius 1 is 1.75 bits per heavy atom. The highest BCUT2D eigenvalue weighted by Gasteiger charge is 2.08. The van der Waals surface area contributed by atoms with E-state index in [0.717, 1.165) is 12.1 Å². The molecule has 1 heterocycles. The van der Waals surface area contributed by atoms with Gasteiger partial charge in [0.25, 0.3) is 0 Å². The number of hydrogen-bond acceptors (Lipinski definition) is 2. The SMILES string of the molecule is CCC(C)c1cnc(S(C)=O)[nH]1. The number of aromatic amines is 1. The zero-order valence-electron chi connectivity index (χ0n) is 7.63. The van der Waals surface area contributed by atoms with Crippen molar-refractivity contribution in [1.82, 2.24) is 9.97 Å². The first-order valence-corrected chi connectivity index (χ1v) is 5.59. The lowest BCUT2D eigenvalue weighted by Gasteiger charge is -2.02. The second kappa shape index (κ2) is 3.85. The topological polar surface area (TPSA) is 45.8 Å². The van der Waals surface area contributed by atoms with Crippen LogP contribution in [0.25, 0.3) is 0 Å². The molecule has 0 spiro atoms. The minimum Gasteiger partial charge on any atom is -0.335 e. The predicted octanol–water partition coefficient (Wildman–Crippen LogP) is 1.66. The molecular weight excluding hydrogens is 172 g/mol. The van der Waals surface area contributed by atoms with E-state index in [0.29, 0.717) is 11.1 Å². The Balaban J connectivity index is 2.84. The van der Waals surface area contributed by atoms with Crippen molar-refractivity contribution in [1.29, 1.82) is 0 Å². The summed E-state index contributed by atoms with van der Waals surface area (Å²) in [5.74, 6) is 0.467. The molecular formula is C8H14N2OS. The van der Waals surface area contributed by atoms with E-state index < -0.39 is 10.8 Å². The highest BCUT2D eigenvalue weighted by atomic mass is 32.2. The standard InChI is InChI=1S/C8H14N2OS/c1-4-6(2)7-5-9-8(10-7)12(3)11/h5-6H,4H2,1-3H3,(H,9,10). The van der Waals surface area contributed by atoms with E-state index in [9.17, 15) is 4.21 Å². The molecule has 0 saturated heterocycles. The van der Waals surface area contributed by atoms with Gasteiger partial charge in [0.1, 0.15) is 0 Å². The molecule has 0 bridgehead atoms. The lowest BCUT2D eigenvalue weighted by atomic mass is 10.1. The van der Waals surface area contributed by atoms with Crippen LogP contribution in [0.4, 0.5) is 0 Å². The van der Waals surface area contributed by atoms with Gasteiger partial charge in [0.2, 0.25) is 0 Å². The van der Waals surface area contributed by atoms with Crippen LogP contribution in [0.2, 0.25) is 0 Å². The first kappa shape index (κ1) is 9.45. The summed E-state index contributed by atoms with van der Waals surface area (Å²) >= 11 is 0. The number of imidazole rings is 1. The molecule has 68 valence electrons. The second-order valence-electron chi connectivity index (χ2n) is 2.91. The number of hydrogen-bond donors (Lipinski definition) is 1. The van der Waals surface area contributed by atoms with Gasteiger partial charge in [-0.1, -0.05) is 13.8 Å². The Morgan fingerprint density at radius 2 is 2.42 bits per heavy atom. The van der Waals surface area contributed by atoms with Crippen molar-refractivity contribution in [3.63, 3.8) is 0 Å². The molecule has 1 aromatic heterocycles. The summed E-state index contributed by atoms with van der Waals surface area (Å²) in [6.07, 6.45) is 4.46. The third-order valence-corrected chi connectivity index (χ3v) is 2.74. The molecule has 0 radical (unpaired) electrons. The van der Waals surface area contributed by atoms with Crippen LogP contribution in [0.1, 0.15) is 31.9 Å². The monoisotopic (exact) mass is 186 g/mol. The molecule has 3 nitrogen and oxygen atoms in total. The molecule has 0 saturated carbocycles. The Hall–Kier alpha value is -0.640. The Bertz CT molecular complexity index is 282. The van der Waals surface area contributed by atoms with Gasteiger partial charge in [0.15, 0.2) is 5.16 Å².